The second-order valence-corrected chi connectivity index (χ2v) is 10.5. The molecule has 6 rings (SSSR count). The van der Waals surface area contributed by atoms with Gasteiger partial charge in [-0.25, -0.2) is 4.98 Å². The Morgan fingerprint density at radius 2 is 1.93 bits per heavy atom. The predicted molar refractivity (Wildman–Crippen MR) is 109 cm³/mol. The summed E-state index contributed by atoms with van der Waals surface area (Å²) < 4.78 is 5.92. The Balaban J connectivity index is 1.31. The molecule has 4 aliphatic carbocycles. The molecule has 156 valence electrons. The van der Waals surface area contributed by atoms with Gasteiger partial charge in [-0.05, 0) is 55.9 Å². The van der Waals surface area contributed by atoms with Gasteiger partial charge < -0.3 is 9.64 Å². The number of amides is 1. The lowest BCUT2D eigenvalue weighted by molar-refractivity contribution is -0.147. The van der Waals surface area contributed by atoms with Gasteiger partial charge in [0.25, 0.3) is 0 Å². The molecule has 0 N–H and O–H groups in total. The van der Waals surface area contributed by atoms with Crippen molar-refractivity contribution in [3.05, 3.63) is 23.9 Å². The van der Waals surface area contributed by atoms with Crippen LogP contribution in [0.15, 0.2) is 18.3 Å². The van der Waals surface area contributed by atoms with Gasteiger partial charge in [0, 0.05) is 30.8 Å². The van der Waals surface area contributed by atoms with Gasteiger partial charge in [-0.15, -0.1) is 0 Å². The van der Waals surface area contributed by atoms with Gasteiger partial charge in [-0.3, -0.25) is 4.79 Å². The molecule has 1 amide bonds. The van der Waals surface area contributed by atoms with E-state index in [1.807, 2.05) is 13.8 Å². The molecule has 5 fully saturated rings. The van der Waals surface area contributed by atoms with Crippen molar-refractivity contribution in [3.8, 4) is 18.0 Å². The minimum absolute atomic E-state index is 0.0876. The molecule has 6 heteroatoms. The molecule has 4 bridgehead atoms. The first-order valence-electron chi connectivity index (χ1n) is 11.1. The summed E-state index contributed by atoms with van der Waals surface area (Å²) in [6, 6.07) is 8.39. The van der Waals surface area contributed by atoms with E-state index in [4.69, 9.17) is 10.00 Å². The highest BCUT2D eigenvalue weighted by Crippen LogP contribution is 2.61. The van der Waals surface area contributed by atoms with Crippen molar-refractivity contribution in [2.75, 3.05) is 13.2 Å². The molecule has 30 heavy (non-hydrogen) atoms. The SMILES string of the molecule is CC1(C)C(=O)N([C@@H]2C3CC4C[C@H]2C[C@](C#N)(C4)C3)CC1COc1ccc(C#N)cn1. The normalized spacial score (nSPS) is 38.3. The van der Waals surface area contributed by atoms with Crippen molar-refractivity contribution in [1.29, 1.82) is 10.5 Å². The van der Waals surface area contributed by atoms with Crippen LogP contribution in [0.1, 0.15) is 51.5 Å². The lowest BCUT2D eigenvalue weighted by Gasteiger charge is -2.59. The molecule has 0 spiro atoms. The molecular weight excluding hydrogens is 376 g/mol. The molecule has 4 saturated carbocycles. The van der Waals surface area contributed by atoms with Crippen LogP contribution in [-0.2, 0) is 4.79 Å². The maximum absolute atomic E-state index is 13.5. The number of carbonyl (C=O) groups excluding carboxylic acids is 1. The van der Waals surface area contributed by atoms with Crippen molar-refractivity contribution in [1.82, 2.24) is 9.88 Å². The molecule has 2 heterocycles. The average Bonchev–Trinajstić information content (AvgIpc) is 2.95. The summed E-state index contributed by atoms with van der Waals surface area (Å²) in [6.07, 6.45) is 6.84. The maximum Gasteiger partial charge on any atom is 0.228 e. The predicted octanol–water partition coefficient (Wildman–Crippen LogP) is 3.54. The Morgan fingerprint density at radius 3 is 2.53 bits per heavy atom. The van der Waals surface area contributed by atoms with Gasteiger partial charge in [0.1, 0.15) is 6.07 Å². The van der Waals surface area contributed by atoms with Gasteiger partial charge in [0.2, 0.25) is 11.8 Å². The Bertz CT molecular complexity index is 925. The van der Waals surface area contributed by atoms with E-state index in [1.54, 1.807) is 12.1 Å². The van der Waals surface area contributed by atoms with Crippen molar-refractivity contribution in [3.63, 3.8) is 0 Å². The molecule has 3 unspecified atom stereocenters. The number of hydrogen-bond acceptors (Lipinski definition) is 5. The summed E-state index contributed by atoms with van der Waals surface area (Å²) in [5.41, 5.74) is -0.106. The van der Waals surface area contributed by atoms with Gasteiger partial charge in [-0.1, -0.05) is 13.8 Å². The van der Waals surface area contributed by atoms with E-state index in [0.29, 0.717) is 42.3 Å². The lowest BCUT2D eigenvalue weighted by atomic mass is 9.48. The maximum atomic E-state index is 13.5. The zero-order chi connectivity index (χ0) is 21.1. The monoisotopic (exact) mass is 404 g/mol. The Hall–Kier alpha value is -2.60. The molecule has 1 aromatic rings. The van der Waals surface area contributed by atoms with E-state index >= 15 is 0 Å². The van der Waals surface area contributed by atoms with E-state index in [-0.39, 0.29) is 23.3 Å². The van der Waals surface area contributed by atoms with Crippen molar-refractivity contribution >= 4 is 5.91 Å². The molecule has 5 aliphatic rings. The summed E-state index contributed by atoms with van der Waals surface area (Å²) in [5, 5.41) is 18.7. The van der Waals surface area contributed by atoms with E-state index in [2.05, 4.69) is 22.0 Å². The van der Waals surface area contributed by atoms with Gasteiger partial charge in [-0.2, -0.15) is 10.5 Å². The smallest absolute Gasteiger partial charge is 0.228 e. The van der Waals surface area contributed by atoms with Crippen LogP contribution in [0.2, 0.25) is 0 Å². The lowest BCUT2D eigenvalue weighted by Crippen LogP contribution is -2.59. The van der Waals surface area contributed by atoms with Crippen LogP contribution < -0.4 is 4.74 Å². The molecule has 1 saturated heterocycles. The number of hydrogen-bond donors (Lipinski definition) is 0. The molecular formula is C24H28N4O2. The Kier molecular flexibility index (Phi) is 4.33. The fourth-order valence-corrected chi connectivity index (χ4v) is 6.97. The highest BCUT2D eigenvalue weighted by molar-refractivity contribution is 5.85. The molecule has 1 aliphatic heterocycles. The fraction of sp³-hybridized carbons (Fsp3) is 0.667. The second-order valence-electron chi connectivity index (χ2n) is 10.5. The van der Waals surface area contributed by atoms with E-state index in [9.17, 15) is 10.1 Å². The number of aromatic nitrogens is 1. The van der Waals surface area contributed by atoms with Crippen molar-refractivity contribution in [2.24, 2.45) is 34.5 Å². The number of likely N-dealkylation sites (tertiary alicyclic amines) is 1. The minimum Gasteiger partial charge on any atom is -0.477 e. The number of nitrogens with zero attached hydrogens (tertiary/aromatic N) is 4. The Morgan fingerprint density at radius 1 is 1.20 bits per heavy atom. The summed E-state index contributed by atoms with van der Waals surface area (Å²) >= 11 is 0. The Labute approximate surface area is 177 Å². The number of nitriles is 2. The number of carbonyl (C=O) groups is 1. The van der Waals surface area contributed by atoms with Crippen LogP contribution >= 0.6 is 0 Å². The van der Waals surface area contributed by atoms with Gasteiger partial charge in [0.05, 0.1) is 29.1 Å². The van der Waals surface area contributed by atoms with Crippen LogP contribution in [0, 0.1) is 57.2 Å². The third kappa shape index (κ3) is 2.88. The molecule has 6 nitrogen and oxygen atoms in total. The van der Waals surface area contributed by atoms with Crippen LogP contribution in [0.4, 0.5) is 0 Å². The van der Waals surface area contributed by atoms with Crippen molar-refractivity contribution < 1.29 is 9.53 Å². The standard InChI is InChI=1S/C24H28N4O2/c1-23(2)19(13-30-20-4-3-15(10-25)11-27-20)12-28(22(23)29)21-17-5-16-6-18(21)9-24(7-16,8-17)14-26/h3-4,11,16-19,21H,5-9,12-13H2,1-2H3/t16?,17-,18?,19?,21-,24+/m0/s1. The first kappa shape index (κ1) is 19.4. The fourth-order valence-electron chi connectivity index (χ4n) is 6.97. The number of pyridine rings is 1. The van der Waals surface area contributed by atoms with Crippen LogP contribution in [0.5, 0.6) is 5.88 Å². The second kappa shape index (κ2) is 6.71. The zero-order valence-electron chi connectivity index (χ0n) is 17.7. The highest BCUT2D eigenvalue weighted by Gasteiger charge is 2.60. The van der Waals surface area contributed by atoms with Crippen LogP contribution in [0.3, 0.4) is 0 Å². The molecule has 1 aromatic heterocycles. The average molecular weight is 405 g/mol. The molecule has 0 aromatic carbocycles. The van der Waals surface area contributed by atoms with E-state index < -0.39 is 5.41 Å². The third-order valence-electron chi connectivity index (χ3n) is 8.37. The summed E-state index contributed by atoms with van der Waals surface area (Å²) in [4.78, 5) is 19.8. The zero-order valence-corrected chi connectivity index (χ0v) is 17.7. The van der Waals surface area contributed by atoms with E-state index in [1.165, 1.54) is 19.0 Å². The van der Waals surface area contributed by atoms with Crippen LogP contribution in [0.25, 0.3) is 0 Å². The minimum atomic E-state index is -0.478. The third-order valence-corrected chi connectivity index (χ3v) is 8.37. The molecule has 0 radical (unpaired) electrons. The largest absolute Gasteiger partial charge is 0.477 e. The highest BCUT2D eigenvalue weighted by atomic mass is 16.5. The van der Waals surface area contributed by atoms with Crippen LogP contribution in [-0.4, -0.2) is 35.0 Å². The van der Waals surface area contributed by atoms with Gasteiger partial charge in [0.15, 0.2) is 0 Å². The summed E-state index contributed by atoms with van der Waals surface area (Å²) in [7, 11) is 0. The first-order valence-corrected chi connectivity index (χ1v) is 11.1. The summed E-state index contributed by atoms with van der Waals surface area (Å²) in [5.74, 6) is 2.41. The first-order chi connectivity index (χ1) is 14.3. The van der Waals surface area contributed by atoms with Gasteiger partial charge >= 0.3 is 0 Å². The number of rotatable bonds is 4. The quantitative estimate of drug-likeness (QED) is 0.766. The van der Waals surface area contributed by atoms with Crippen molar-refractivity contribution in [2.45, 2.75) is 52.0 Å². The number of ether oxygens (including phenoxy) is 1. The van der Waals surface area contributed by atoms with E-state index in [0.717, 1.165) is 19.3 Å². The topological polar surface area (TPSA) is 90.0 Å². The molecule has 6 atom stereocenters. The summed E-state index contributed by atoms with van der Waals surface area (Å²) in [6.45, 7) is 5.20.